The Hall–Kier alpha value is -4.46. The third-order valence-corrected chi connectivity index (χ3v) is 5.00. The lowest BCUT2D eigenvalue weighted by Gasteiger charge is -2.09. The van der Waals surface area contributed by atoms with Crippen molar-refractivity contribution in [3.05, 3.63) is 89.8 Å². The lowest BCUT2D eigenvalue weighted by Crippen LogP contribution is -2.13. The molecule has 0 aliphatic carbocycles. The summed E-state index contributed by atoms with van der Waals surface area (Å²) >= 11 is 0. The minimum absolute atomic E-state index is 0.0851. The van der Waals surface area contributed by atoms with Crippen molar-refractivity contribution in [2.45, 2.75) is 19.8 Å². The highest BCUT2D eigenvalue weighted by atomic mass is 16.5. The second-order valence-electron chi connectivity index (χ2n) is 7.52. The van der Waals surface area contributed by atoms with Gasteiger partial charge in [-0.15, -0.1) is 10.2 Å². The minimum atomic E-state index is -0.430. The number of amides is 1. The van der Waals surface area contributed by atoms with Gasteiger partial charge in [0.1, 0.15) is 11.5 Å². The van der Waals surface area contributed by atoms with Gasteiger partial charge >= 0.3 is 5.97 Å². The van der Waals surface area contributed by atoms with Crippen LogP contribution in [-0.2, 0) is 11.2 Å². The van der Waals surface area contributed by atoms with Crippen molar-refractivity contribution in [2.24, 2.45) is 0 Å². The largest absolute Gasteiger partial charge is 0.496 e. The van der Waals surface area contributed by atoms with E-state index >= 15 is 0 Å². The molecule has 0 bridgehead atoms. The van der Waals surface area contributed by atoms with E-state index in [1.807, 2.05) is 31.2 Å². The van der Waals surface area contributed by atoms with Crippen LogP contribution >= 0.6 is 0 Å². The number of carbonyl (C=O) groups is 2. The van der Waals surface area contributed by atoms with Crippen molar-refractivity contribution < 1.29 is 23.5 Å². The van der Waals surface area contributed by atoms with E-state index in [1.165, 1.54) is 7.11 Å². The molecule has 0 radical (unpaired) electrons. The molecular weight excluding hydrogens is 434 g/mol. The van der Waals surface area contributed by atoms with Crippen LogP contribution < -0.4 is 14.8 Å². The van der Waals surface area contributed by atoms with E-state index in [1.54, 1.807) is 48.5 Å². The summed E-state index contributed by atoms with van der Waals surface area (Å²) in [6.45, 7) is 2.00. The Morgan fingerprint density at radius 2 is 1.68 bits per heavy atom. The van der Waals surface area contributed by atoms with E-state index < -0.39 is 5.97 Å². The Morgan fingerprint density at radius 1 is 0.941 bits per heavy atom. The van der Waals surface area contributed by atoms with Crippen LogP contribution in [0.15, 0.2) is 77.2 Å². The van der Waals surface area contributed by atoms with Crippen molar-refractivity contribution >= 4 is 17.6 Å². The van der Waals surface area contributed by atoms with Gasteiger partial charge in [0.15, 0.2) is 0 Å². The number of anilines is 1. The van der Waals surface area contributed by atoms with Crippen LogP contribution in [-0.4, -0.2) is 29.2 Å². The van der Waals surface area contributed by atoms with Gasteiger partial charge in [0.25, 0.3) is 5.91 Å². The molecule has 172 valence electrons. The number of rotatable bonds is 8. The molecule has 0 saturated carbocycles. The quantitative estimate of drug-likeness (QED) is 0.298. The van der Waals surface area contributed by atoms with E-state index in [2.05, 4.69) is 15.5 Å². The maximum absolute atomic E-state index is 12.5. The molecule has 4 aromatic rings. The number of aromatic nitrogens is 2. The monoisotopic (exact) mass is 457 g/mol. The number of aryl methyl sites for hydroxylation is 2. The van der Waals surface area contributed by atoms with Gasteiger partial charge in [0, 0.05) is 17.7 Å². The lowest BCUT2D eigenvalue weighted by molar-refractivity contribution is -0.134. The van der Waals surface area contributed by atoms with Crippen LogP contribution in [0, 0.1) is 6.92 Å². The smallest absolute Gasteiger partial charge is 0.311 e. The molecule has 1 amide bonds. The summed E-state index contributed by atoms with van der Waals surface area (Å²) in [7, 11) is 1.51. The van der Waals surface area contributed by atoms with Gasteiger partial charge in [0.2, 0.25) is 11.8 Å². The second-order valence-corrected chi connectivity index (χ2v) is 7.52. The lowest BCUT2D eigenvalue weighted by atomic mass is 10.1. The van der Waals surface area contributed by atoms with Gasteiger partial charge in [-0.3, -0.25) is 9.59 Å². The van der Waals surface area contributed by atoms with Crippen molar-refractivity contribution in [3.63, 3.8) is 0 Å². The number of hydrogen-bond donors (Lipinski definition) is 1. The molecule has 4 rings (SSSR count). The van der Waals surface area contributed by atoms with Crippen LogP contribution in [0.5, 0.6) is 11.5 Å². The minimum Gasteiger partial charge on any atom is -0.496 e. The average molecular weight is 457 g/mol. The number of nitrogens with one attached hydrogen (secondary N) is 1. The normalized spacial score (nSPS) is 10.5. The first-order valence-electron chi connectivity index (χ1n) is 10.7. The number of hydrogen-bond acceptors (Lipinski definition) is 7. The summed E-state index contributed by atoms with van der Waals surface area (Å²) in [5.41, 5.74) is 2.94. The molecule has 0 saturated heterocycles. The highest BCUT2D eigenvalue weighted by molar-refractivity contribution is 6.06. The molecule has 0 aliphatic heterocycles. The van der Waals surface area contributed by atoms with Crippen LogP contribution in [0.4, 0.5) is 5.69 Å². The van der Waals surface area contributed by atoms with Gasteiger partial charge in [-0.05, 0) is 55.5 Å². The Bertz CT molecular complexity index is 1280. The Kier molecular flexibility index (Phi) is 6.98. The third-order valence-electron chi connectivity index (χ3n) is 5.00. The highest BCUT2D eigenvalue weighted by Crippen LogP contribution is 2.22. The molecule has 34 heavy (non-hydrogen) atoms. The van der Waals surface area contributed by atoms with Crippen LogP contribution in [0.2, 0.25) is 0 Å². The SMILES string of the molecule is COc1ccccc1C(=O)Nc1ccc(OC(=O)CCc2nnc(-c3ccc(C)cc3)o2)cc1. The summed E-state index contributed by atoms with van der Waals surface area (Å²) in [4.78, 5) is 24.7. The van der Waals surface area contributed by atoms with Crippen molar-refractivity contribution in [1.82, 2.24) is 10.2 Å². The molecule has 0 aliphatic rings. The van der Waals surface area contributed by atoms with E-state index in [0.717, 1.165) is 11.1 Å². The Balaban J connectivity index is 1.28. The van der Waals surface area contributed by atoms with Gasteiger partial charge in [0.05, 0.1) is 19.1 Å². The zero-order valence-corrected chi connectivity index (χ0v) is 18.8. The molecule has 1 N–H and O–H groups in total. The zero-order valence-electron chi connectivity index (χ0n) is 18.8. The van der Waals surface area contributed by atoms with E-state index in [4.69, 9.17) is 13.9 Å². The van der Waals surface area contributed by atoms with Crippen LogP contribution in [0.3, 0.4) is 0 Å². The fourth-order valence-electron chi connectivity index (χ4n) is 3.20. The predicted molar refractivity (Wildman–Crippen MR) is 126 cm³/mol. The first kappa shape index (κ1) is 22.7. The Labute approximate surface area is 196 Å². The third kappa shape index (κ3) is 5.66. The molecule has 8 nitrogen and oxygen atoms in total. The second kappa shape index (κ2) is 10.4. The molecule has 3 aromatic carbocycles. The average Bonchev–Trinajstić information content (AvgIpc) is 3.33. The fourth-order valence-corrected chi connectivity index (χ4v) is 3.20. The number of methoxy groups -OCH3 is 1. The van der Waals surface area contributed by atoms with E-state index in [0.29, 0.717) is 34.5 Å². The number of para-hydroxylation sites is 1. The van der Waals surface area contributed by atoms with Gasteiger partial charge in [-0.1, -0.05) is 29.8 Å². The summed E-state index contributed by atoms with van der Waals surface area (Å²) in [6, 6.07) is 21.2. The van der Waals surface area contributed by atoms with Gasteiger partial charge in [-0.25, -0.2) is 0 Å². The maximum Gasteiger partial charge on any atom is 0.311 e. The number of carbonyl (C=O) groups excluding carboxylic acids is 2. The maximum atomic E-state index is 12.5. The number of benzene rings is 3. The first-order valence-corrected chi connectivity index (χ1v) is 10.7. The number of ether oxygens (including phenoxy) is 2. The van der Waals surface area contributed by atoms with Crippen LogP contribution in [0.1, 0.15) is 28.2 Å². The predicted octanol–water partition coefficient (Wildman–Crippen LogP) is 4.84. The van der Waals surface area contributed by atoms with Gasteiger partial charge < -0.3 is 19.2 Å². The fraction of sp³-hybridized carbons (Fsp3) is 0.154. The summed E-state index contributed by atoms with van der Waals surface area (Å²) in [5, 5.41) is 10.8. The summed E-state index contributed by atoms with van der Waals surface area (Å²) in [6.07, 6.45) is 0.354. The molecule has 0 unspecified atom stereocenters. The molecule has 1 heterocycles. The summed E-state index contributed by atoms with van der Waals surface area (Å²) < 4.78 is 16.2. The first-order chi connectivity index (χ1) is 16.5. The molecule has 1 aromatic heterocycles. The molecule has 8 heteroatoms. The van der Waals surface area contributed by atoms with Gasteiger partial charge in [-0.2, -0.15) is 0 Å². The molecule has 0 fully saturated rings. The Morgan fingerprint density at radius 3 is 2.41 bits per heavy atom. The van der Waals surface area contributed by atoms with Crippen molar-refractivity contribution in [2.75, 3.05) is 12.4 Å². The number of esters is 1. The standard InChI is InChI=1S/C26H23N3O5/c1-17-7-9-18(10-8-17)26-29-28-23(34-26)15-16-24(30)33-20-13-11-19(12-14-20)27-25(31)21-5-3-4-6-22(21)32-2/h3-14H,15-16H2,1-2H3,(H,27,31). The number of nitrogens with zero attached hydrogens (tertiary/aromatic N) is 2. The topological polar surface area (TPSA) is 104 Å². The molecular formula is C26H23N3O5. The molecule has 0 spiro atoms. The van der Waals surface area contributed by atoms with Crippen molar-refractivity contribution in [1.29, 1.82) is 0 Å². The van der Waals surface area contributed by atoms with Crippen LogP contribution in [0.25, 0.3) is 11.5 Å². The summed E-state index contributed by atoms with van der Waals surface area (Å²) in [5.74, 6) is 0.896. The van der Waals surface area contributed by atoms with E-state index in [9.17, 15) is 9.59 Å². The highest BCUT2D eigenvalue weighted by Gasteiger charge is 2.13. The zero-order chi connectivity index (χ0) is 23.9. The molecule has 0 atom stereocenters. The van der Waals surface area contributed by atoms with E-state index in [-0.39, 0.29) is 18.7 Å². The van der Waals surface area contributed by atoms with Crippen molar-refractivity contribution in [3.8, 4) is 23.0 Å².